The molecule has 1 amide bonds. The van der Waals surface area contributed by atoms with Crippen LogP contribution in [0.15, 0.2) is 65.6 Å². The lowest BCUT2D eigenvalue weighted by molar-refractivity contribution is -0.147. The lowest BCUT2D eigenvalue weighted by Crippen LogP contribution is -2.32. The number of benzene rings is 2. The Morgan fingerprint density at radius 1 is 1.12 bits per heavy atom. The van der Waals surface area contributed by atoms with Gasteiger partial charge in [-0.15, -0.1) is 0 Å². The SMILES string of the molecule is CC(=O)N1C=Cc2ccccc2C1CC(=O)OCc1cc(=O)n2c(n1)sc1ccccc12. The molecule has 160 valence electrons. The van der Waals surface area contributed by atoms with Crippen LogP contribution in [0, 0.1) is 0 Å². The van der Waals surface area contributed by atoms with Crippen LogP contribution in [0.4, 0.5) is 0 Å². The molecule has 32 heavy (non-hydrogen) atoms. The van der Waals surface area contributed by atoms with E-state index in [0.29, 0.717) is 10.7 Å². The number of rotatable bonds is 4. The van der Waals surface area contributed by atoms with Gasteiger partial charge in [0.2, 0.25) is 5.91 Å². The third-order valence-electron chi connectivity index (χ3n) is 5.46. The quantitative estimate of drug-likeness (QED) is 0.445. The van der Waals surface area contributed by atoms with Crippen LogP contribution < -0.4 is 5.56 Å². The molecule has 0 aliphatic carbocycles. The summed E-state index contributed by atoms with van der Waals surface area (Å²) >= 11 is 1.41. The van der Waals surface area contributed by atoms with Gasteiger partial charge in [-0.2, -0.15) is 0 Å². The molecule has 0 fully saturated rings. The van der Waals surface area contributed by atoms with Crippen LogP contribution in [0.2, 0.25) is 0 Å². The second-order valence-corrected chi connectivity index (χ2v) is 8.53. The number of amides is 1. The largest absolute Gasteiger partial charge is 0.459 e. The standard InChI is InChI=1S/C24H19N3O4S/c1-15(28)26-11-10-16-6-2-3-7-18(16)20(26)13-23(30)31-14-17-12-22(29)27-19-8-4-5-9-21(19)32-24(27)25-17/h2-12,20H,13-14H2,1H3. The first kappa shape index (κ1) is 20.1. The number of thiazole rings is 1. The summed E-state index contributed by atoms with van der Waals surface area (Å²) in [6, 6.07) is 16.2. The number of carbonyl (C=O) groups is 2. The first-order valence-corrected chi connectivity index (χ1v) is 10.9. The smallest absolute Gasteiger partial charge is 0.308 e. The Bertz CT molecular complexity index is 1450. The molecule has 5 rings (SSSR count). The average molecular weight is 446 g/mol. The molecule has 0 bridgehead atoms. The molecule has 8 heteroatoms. The number of fused-ring (bicyclic) bond motifs is 4. The maximum absolute atomic E-state index is 12.7. The number of ether oxygens (including phenoxy) is 1. The summed E-state index contributed by atoms with van der Waals surface area (Å²) in [4.78, 5) is 44.0. The van der Waals surface area contributed by atoms with Crippen molar-refractivity contribution in [1.29, 1.82) is 0 Å². The molecule has 4 aromatic rings. The van der Waals surface area contributed by atoms with E-state index in [1.54, 1.807) is 10.6 Å². The number of aromatic nitrogens is 2. The van der Waals surface area contributed by atoms with Crippen molar-refractivity contribution in [2.75, 3.05) is 0 Å². The number of hydrogen-bond acceptors (Lipinski definition) is 6. The Balaban J connectivity index is 1.35. The molecule has 2 aromatic heterocycles. The van der Waals surface area contributed by atoms with E-state index in [9.17, 15) is 14.4 Å². The summed E-state index contributed by atoms with van der Waals surface area (Å²) in [6.45, 7) is 1.36. The predicted octanol–water partition coefficient (Wildman–Crippen LogP) is 3.92. The normalized spacial score (nSPS) is 15.2. The molecule has 3 heterocycles. The Morgan fingerprint density at radius 2 is 1.91 bits per heavy atom. The van der Waals surface area contributed by atoms with Gasteiger partial charge in [-0.3, -0.25) is 18.8 Å². The van der Waals surface area contributed by atoms with Gasteiger partial charge in [0.05, 0.1) is 28.4 Å². The monoisotopic (exact) mass is 445 g/mol. The van der Waals surface area contributed by atoms with Crippen molar-refractivity contribution in [3.05, 3.63) is 88.0 Å². The maximum Gasteiger partial charge on any atom is 0.308 e. The van der Waals surface area contributed by atoms with E-state index in [4.69, 9.17) is 4.74 Å². The molecule has 0 saturated heterocycles. The Morgan fingerprint density at radius 3 is 2.75 bits per heavy atom. The fraction of sp³-hybridized carbons (Fsp3) is 0.167. The van der Waals surface area contributed by atoms with Gasteiger partial charge >= 0.3 is 5.97 Å². The van der Waals surface area contributed by atoms with Gasteiger partial charge in [-0.1, -0.05) is 47.7 Å². The zero-order valence-corrected chi connectivity index (χ0v) is 18.0. The van der Waals surface area contributed by atoms with Crippen LogP contribution in [0.3, 0.4) is 0 Å². The Kier molecular flexibility index (Phi) is 5.07. The molecule has 0 spiro atoms. The van der Waals surface area contributed by atoms with Gasteiger partial charge in [0, 0.05) is 19.2 Å². The van der Waals surface area contributed by atoms with Crippen molar-refractivity contribution in [2.24, 2.45) is 0 Å². The van der Waals surface area contributed by atoms with Crippen LogP contribution >= 0.6 is 11.3 Å². The van der Waals surface area contributed by atoms with E-state index in [1.807, 2.05) is 54.6 Å². The lowest BCUT2D eigenvalue weighted by Gasteiger charge is -2.32. The molecule has 0 N–H and O–H groups in total. The molecule has 1 unspecified atom stereocenters. The first-order chi connectivity index (χ1) is 15.5. The molecule has 0 radical (unpaired) electrons. The van der Waals surface area contributed by atoms with Crippen LogP contribution in [0.5, 0.6) is 0 Å². The van der Waals surface area contributed by atoms with E-state index in [2.05, 4.69) is 4.98 Å². The first-order valence-electron chi connectivity index (χ1n) is 10.1. The number of nitrogens with zero attached hydrogens (tertiary/aromatic N) is 3. The third kappa shape index (κ3) is 3.58. The fourth-order valence-corrected chi connectivity index (χ4v) is 5.03. The van der Waals surface area contributed by atoms with Crippen molar-refractivity contribution in [2.45, 2.75) is 26.0 Å². The summed E-state index contributed by atoms with van der Waals surface area (Å²) in [5.41, 5.74) is 2.84. The summed E-state index contributed by atoms with van der Waals surface area (Å²) in [6.07, 6.45) is 3.56. The van der Waals surface area contributed by atoms with E-state index in [0.717, 1.165) is 21.3 Å². The molecule has 1 aliphatic heterocycles. The number of hydrogen-bond donors (Lipinski definition) is 0. The van der Waals surface area contributed by atoms with Crippen molar-refractivity contribution in [3.8, 4) is 0 Å². The summed E-state index contributed by atoms with van der Waals surface area (Å²) in [5.74, 6) is -0.622. The number of para-hydroxylation sites is 1. The topological polar surface area (TPSA) is 81.0 Å². The van der Waals surface area contributed by atoms with E-state index in [1.165, 1.54) is 29.2 Å². The highest BCUT2D eigenvalue weighted by Gasteiger charge is 2.28. The molecule has 1 atom stereocenters. The highest BCUT2D eigenvalue weighted by molar-refractivity contribution is 7.23. The van der Waals surface area contributed by atoms with Crippen molar-refractivity contribution in [1.82, 2.24) is 14.3 Å². The summed E-state index contributed by atoms with van der Waals surface area (Å²) in [7, 11) is 0. The molecule has 1 aliphatic rings. The lowest BCUT2D eigenvalue weighted by atomic mass is 9.94. The van der Waals surface area contributed by atoms with E-state index >= 15 is 0 Å². The van der Waals surface area contributed by atoms with Crippen molar-refractivity contribution < 1.29 is 14.3 Å². The highest BCUT2D eigenvalue weighted by Crippen LogP contribution is 2.33. The Hall–Kier alpha value is -3.78. The molecule has 2 aromatic carbocycles. The van der Waals surface area contributed by atoms with Gasteiger partial charge in [0.1, 0.15) is 6.61 Å². The second-order valence-electron chi connectivity index (χ2n) is 7.53. The summed E-state index contributed by atoms with van der Waals surface area (Å²) in [5, 5.41) is 0. The zero-order chi connectivity index (χ0) is 22.2. The van der Waals surface area contributed by atoms with Crippen LogP contribution in [-0.2, 0) is 20.9 Å². The minimum Gasteiger partial charge on any atom is -0.459 e. The molecule has 0 saturated carbocycles. The predicted molar refractivity (Wildman–Crippen MR) is 122 cm³/mol. The number of esters is 1. The minimum atomic E-state index is -0.468. The second kappa shape index (κ2) is 8.05. The maximum atomic E-state index is 12.7. The van der Waals surface area contributed by atoms with Crippen molar-refractivity contribution >= 4 is 44.5 Å². The van der Waals surface area contributed by atoms with Crippen LogP contribution in [0.1, 0.15) is 36.2 Å². The van der Waals surface area contributed by atoms with Gasteiger partial charge in [-0.05, 0) is 29.3 Å². The minimum absolute atomic E-state index is 0.00501. The van der Waals surface area contributed by atoms with Crippen LogP contribution in [0.25, 0.3) is 21.3 Å². The van der Waals surface area contributed by atoms with E-state index in [-0.39, 0.29) is 24.5 Å². The van der Waals surface area contributed by atoms with Gasteiger partial charge in [-0.25, -0.2) is 4.98 Å². The van der Waals surface area contributed by atoms with Crippen LogP contribution in [-0.4, -0.2) is 26.2 Å². The fourth-order valence-electron chi connectivity index (χ4n) is 3.98. The van der Waals surface area contributed by atoms with Gasteiger partial charge in [0.15, 0.2) is 4.96 Å². The summed E-state index contributed by atoms with van der Waals surface area (Å²) < 4.78 is 7.96. The Labute approximate surface area is 187 Å². The van der Waals surface area contributed by atoms with E-state index < -0.39 is 12.0 Å². The van der Waals surface area contributed by atoms with Gasteiger partial charge < -0.3 is 9.64 Å². The third-order valence-corrected chi connectivity index (χ3v) is 6.48. The zero-order valence-electron chi connectivity index (χ0n) is 17.2. The molecular formula is C24H19N3O4S. The molecule has 7 nitrogen and oxygen atoms in total. The van der Waals surface area contributed by atoms with Crippen molar-refractivity contribution in [3.63, 3.8) is 0 Å². The number of carbonyl (C=O) groups excluding carboxylic acids is 2. The molecular weight excluding hydrogens is 426 g/mol. The average Bonchev–Trinajstić information content (AvgIpc) is 3.16. The van der Waals surface area contributed by atoms with Gasteiger partial charge in [0.25, 0.3) is 5.56 Å². The highest BCUT2D eigenvalue weighted by atomic mass is 32.1.